The number of nitrogens with zero attached hydrogens (tertiary/aromatic N) is 1. The van der Waals surface area contributed by atoms with Gasteiger partial charge in [-0.1, -0.05) is 6.92 Å². The van der Waals surface area contributed by atoms with Gasteiger partial charge in [0.05, 0.1) is 26.0 Å². The molecule has 0 spiro atoms. The Morgan fingerprint density at radius 2 is 2.29 bits per heavy atom. The number of hydrogen-bond acceptors (Lipinski definition) is 5. The molecule has 0 amide bonds. The molecular formula is C9H17N3O4S. The average Bonchev–Trinajstić information content (AvgIpc) is 2.78. The van der Waals surface area contributed by atoms with Crippen LogP contribution in [-0.4, -0.2) is 49.9 Å². The Balaban J connectivity index is 2.45. The molecule has 1 heterocycles. The third kappa shape index (κ3) is 4.43. The maximum Gasteiger partial charge on any atom is 0.257 e. The van der Waals surface area contributed by atoms with Crippen LogP contribution in [0.4, 0.5) is 0 Å². The zero-order chi connectivity index (χ0) is 12.7. The van der Waals surface area contributed by atoms with Crippen LogP contribution in [0.5, 0.6) is 0 Å². The van der Waals surface area contributed by atoms with Gasteiger partial charge in [0, 0.05) is 13.0 Å². The highest BCUT2D eigenvalue weighted by Gasteiger charge is 2.15. The fraction of sp³-hybridized carbons (Fsp3) is 0.667. The van der Waals surface area contributed by atoms with Crippen LogP contribution < -0.4 is 4.72 Å². The summed E-state index contributed by atoms with van der Waals surface area (Å²) in [6.07, 6.45) is 1.94. The predicted molar refractivity (Wildman–Crippen MR) is 61.1 cm³/mol. The van der Waals surface area contributed by atoms with E-state index >= 15 is 0 Å². The van der Waals surface area contributed by atoms with Crippen LogP contribution >= 0.6 is 0 Å². The second-order valence-electron chi connectivity index (χ2n) is 3.28. The molecule has 0 atom stereocenters. The summed E-state index contributed by atoms with van der Waals surface area (Å²) in [7, 11) is -3.55. The fourth-order valence-electron chi connectivity index (χ4n) is 1.15. The number of aryl methyl sites for hydroxylation is 1. The van der Waals surface area contributed by atoms with Crippen molar-refractivity contribution in [1.29, 1.82) is 0 Å². The van der Waals surface area contributed by atoms with E-state index in [0.29, 0.717) is 12.2 Å². The normalized spacial score (nSPS) is 11.9. The van der Waals surface area contributed by atoms with Crippen LogP contribution in [0.1, 0.15) is 12.7 Å². The Morgan fingerprint density at radius 3 is 2.88 bits per heavy atom. The van der Waals surface area contributed by atoms with E-state index in [1.807, 2.05) is 6.92 Å². The van der Waals surface area contributed by atoms with E-state index in [2.05, 4.69) is 14.7 Å². The monoisotopic (exact) mass is 263 g/mol. The largest absolute Gasteiger partial charge is 0.394 e. The van der Waals surface area contributed by atoms with E-state index in [0.717, 1.165) is 0 Å². The average molecular weight is 263 g/mol. The van der Waals surface area contributed by atoms with Gasteiger partial charge in [-0.2, -0.15) is 0 Å². The minimum atomic E-state index is -3.55. The molecular weight excluding hydrogens is 246 g/mol. The summed E-state index contributed by atoms with van der Waals surface area (Å²) < 4.78 is 30.7. The number of sulfonamides is 1. The third-order valence-electron chi connectivity index (χ3n) is 2.00. The van der Waals surface area contributed by atoms with E-state index in [1.54, 1.807) is 0 Å². The molecule has 0 unspecified atom stereocenters. The number of nitrogens with one attached hydrogen (secondary N) is 2. The fourth-order valence-corrected chi connectivity index (χ4v) is 2.10. The molecule has 3 N–H and O–H groups in total. The van der Waals surface area contributed by atoms with Crippen LogP contribution in [0, 0.1) is 0 Å². The van der Waals surface area contributed by atoms with Crippen LogP contribution in [0.3, 0.4) is 0 Å². The lowest BCUT2D eigenvalue weighted by Crippen LogP contribution is -2.28. The molecule has 0 aliphatic rings. The molecule has 0 aromatic carbocycles. The molecule has 0 aliphatic heterocycles. The van der Waals surface area contributed by atoms with Gasteiger partial charge in [-0.05, 0) is 0 Å². The topological polar surface area (TPSA) is 104 Å². The smallest absolute Gasteiger partial charge is 0.257 e. The van der Waals surface area contributed by atoms with E-state index in [1.165, 1.54) is 6.20 Å². The number of aliphatic hydroxyl groups excluding tert-OH is 1. The highest BCUT2D eigenvalue weighted by atomic mass is 32.2. The van der Waals surface area contributed by atoms with Gasteiger partial charge >= 0.3 is 0 Å². The minimum Gasteiger partial charge on any atom is -0.394 e. The van der Waals surface area contributed by atoms with Crippen LogP contribution in [0.15, 0.2) is 11.2 Å². The maximum atomic E-state index is 11.7. The molecule has 0 radical (unpaired) electrons. The molecule has 8 heteroatoms. The Morgan fingerprint density at radius 1 is 1.53 bits per heavy atom. The lowest BCUT2D eigenvalue weighted by atomic mass is 10.5. The molecule has 1 aromatic rings. The first-order valence-corrected chi connectivity index (χ1v) is 6.80. The molecule has 0 saturated heterocycles. The molecule has 17 heavy (non-hydrogen) atoms. The Bertz CT molecular complexity index is 429. The summed E-state index contributed by atoms with van der Waals surface area (Å²) >= 11 is 0. The van der Waals surface area contributed by atoms with Crippen molar-refractivity contribution in [2.24, 2.45) is 0 Å². The van der Waals surface area contributed by atoms with Gasteiger partial charge in [0.2, 0.25) is 0 Å². The van der Waals surface area contributed by atoms with Crippen molar-refractivity contribution in [2.45, 2.75) is 18.4 Å². The number of H-pyrrole nitrogens is 1. The number of aromatic nitrogens is 2. The van der Waals surface area contributed by atoms with E-state index < -0.39 is 10.0 Å². The molecule has 0 fully saturated rings. The number of hydrogen-bond donors (Lipinski definition) is 3. The molecule has 98 valence electrons. The summed E-state index contributed by atoms with van der Waals surface area (Å²) in [5.74, 6) is 0.627. The summed E-state index contributed by atoms with van der Waals surface area (Å²) in [5.41, 5.74) is 0. The van der Waals surface area contributed by atoms with Gasteiger partial charge in [-0.15, -0.1) is 0 Å². The highest BCUT2D eigenvalue weighted by Crippen LogP contribution is 2.05. The van der Waals surface area contributed by atoms with Crippen molar-refractivity contribution >= 4 is 10.0 Å². The van der Waals surface area contributed by atoms with Gasteiger partial charge < -0.3 is 14.8 Å². The van der Waals surface area contributed by atoms with Gasteiger partial charge in [0.15, 0.2) is 5.03 Å². The molecule has 0 aliphatic carbocycles. The number of aliphatic hydroxyl groups is 1. The number of ether oxygens (including phenoxy) is 1. The first-order chi connectivity index (χ1) is 8.10. The van der Waals surface area contributed by atoms with Gasteiger partial charge in [0.25, 0.3) is 10.0 Å². The predicted octanol–water partition coefficient (Wildman–Crippen LogP) is -0.741. The number of imidazole rings is 1. The van der Waals surface area contributed by atoms with E-state index in [4.69, 9.17) is 9.84 Å². The van der Waals surface area contributed by atoms with Gasteiger partial charge in [-0.3, -0.25) is 0 Å². The molecule has 0 saturated carbocycles. The van der Waals surface area contributed by atoms with E-state index in [-0.39, 0.29) is 31.4 Å². The first-order valence-electron chi connectivity index (χ1n) is 5.32. The maximum absolute atomic E-state index is 11.7. The zero-order valence-corrected chi connectivity index (χ0v) is 10.5. The summed E-state index contributed by atoms with van der Waals surface area (Å²) in [5, 5.41) is 8.51. The minimum absolute atomic E-state index is 0.0523. The van der Waals surface area contributed by atoms with Gasteiger partial charge in [-0.25, -0.2) is 18.1 Å². The molecule has 7 nitrogen and oxygen atoms in total. The number of aromatic amines is 1. The molecule has 1 rings (SSSR count). The Labute approximate surface area is 100 Å². The van der Waals surface area contributed by atoms with Crippen molar-refractivity contribution in [3.8, 4) is 0 Å². The second kappa shape index (κ2) is 6.70. The van der Waals surface area contributed by atoms with Crippen LogP contribution in [0.25, 0.3) is 0 Å². The second-order valence-corrected chi connectivity index (χ2v) is 5.02. The van der Waals surface area contributed by atoms with Crippen molar-refractivity contribution in [3.63, 3.8) is 0 Å². The van der Waals surface area contributed by atoms with Crippen molar-refractivity contribution in [2.75, 3.05) is 26.4 Å². The van der Waals surface area contributed by atoms with Crippen LogP contribution in [0.2, 0.25) is 0 Å². The zero-order valence-electron chi connectivity index (χ0n) is 9.64. The van der Waals surface area contributed by atoms with Gasteiger partial charge in [0.1, 0.15) is 5.82 Å². The summed E-state index contributed by atoms with van der Waals surface area (Å²) in [6.45, 7) is 2.38. The summed E-state index contributed by atoms with van der Waals surface area (Å²) in [4.78, 5) is 6.63. The third-order valence-corrected chi connectivity index (χ3v) is 3.37. The Hall–Kier alpha value is -0.960. The lowest BCUT2D eigenvalue weighted by Gasteiger charge is -2.04. The first kappa shape index (κ1) is 14.1. The molecule has 1 aromatic heterocycles. The van der Waals surface area contributed by atoms with Crippen molar-refractivity contribution in [3.05, 3.63) is 12.0 Å². The SMILES string of the molecule is CCc1ncc(S(=O)(=O)NCCOCCO)[nH]1. The van der Waals surface area contributed by atoms with Crippen molar-refractivity contribution in [1.82, 2.24) is 14.7 Å². The van der Waals surface area contributed by atoms with Crippen LogP contribution in [-0.2, 0) is 21.2 Å². The number of rotatable bonds is 8. The van der Waals surface area contributed by atoms with E-state index in [9.17, 15) is 8.42 Å². The highest BCUT2D eigenvalue weighted by molar-refractivity contribution is 7.89. The molecule has 0 bridgehead atoms. The standard InChI is InChI=1S/C9H17N3O4S/c1-2-8-10-7-9(12-8)17(14,15)11-3-5-16-6-4-13/h7,11,13H,2-6H2,1H3,(H,10,12). The van der Waals surface area contributed by atoms with Crippen molar-refractivity contribution < 1.29 is 18.3 Å². The Kier molecular flexibility index (Phi) is 5.56. The quantitative estimate of drug-likeness (QED) is 0.536. The summed E-state index contributed by atoms with van der Waals surface area (Å²) in [6, 6.07) is 0. The lowest BCUT2D eigenvalue weighted by molar-refractivity contribution is 0.0961.